The zero-order valence-electron chi connectivity index (χ0n) is 9.51. The van der Waals surface area contributed by atoms with Crippen molar-refractivity contribution in [3.05, 3.63) is 71.2 Å². The fourth-order valence-electron chi connectivity index (χ4n) is 1.80. The molecular formula is C14H11N2O2. The van der Waals surface area contributed by atoms with Crippen LogP contribution in [-0.2, 0) is 0 Å². The highest BCUT2D eigenvalue weighted by molar-refractivity contribution is 5.86. The SMILES string of the molecule is O=c1[nH]c2c(N[CH]c3ccccc3)cccc2o1. The van der Waals surface area contributed by atoms with Gasteiger partial charge in [0.05, 0.1) is 12.2 Å². The molecule has 2 aromatic carbocycles. The molecular weight excluding hydrogens is 228 g/mol. The van der Waals surface area contributed by atoms with Crippen LogP contribution in [-0.4, -0.2) is 4.98 Å². The first-order valence-corrected chi connectivity index (χ1v) is 5.59. The Kier molecular flexibility index (Phi) is 2.61. The summed E-state index contributed by atoms with van der Waals surface area (Å²) in [5.74, 6) is -0.445. The van der Waals surface area contributed by atoms with Crippen LogP contribution in [0.2, 0.25) is 0 Å². The van der Waals surface area contributed by atoms with Gasteiger partial charge in [0.2, 0.25) is 0 Å². The van der Waals surface area contributed by atoms with Crippen LogP contribution in [0.1, 0.15) is 5.56 Å². The quantitative estimate of drug-likeness (QED) is 0.738. The maximum absolute atomic E-state index is 11.2. The minimum absolute atomic E-state index is 0.445. The molecule has 3 aromatic rings. The molecule has 4 heteroatoms. The average Bonchev–Trinajstić information content (AvgIpc) is 2.78. The largest absolute Gasteiger partial charge is 0.417 e. The van der Waals surface area contributed by atoms with E-state index >= 15 is 0 Å². The second-order valence-corrected chi connectivity index (χ2v) is 3.89. The third kappa shape index (κ3) is 2.00. The van der Waals surface area contributed by atoms with Crippen LogP contribution < -0.4 is 11.1 Å². The Labute approximate surface area is 103 Å². The number of fused-ring (bicyclic) bond motifs is 1. The van der Waals surface area contributed by atoms with E-state index in [-0.39, 0.29) is 0 Å². The first kappa shape index (κ1) is 10.7. The zero-order chi connectivity index (χ0) is 12.4. The summed E-state index contributed by atoms with van der Waals surface area (Å²) in [7, 11) is 0. The number of hydrogen-bond donors (Lipinski definition) is 2. The highest BCUT2D eigenvalue weighted by Gasteiger charge is 2.05. The van der Waals surface area contributed by atoms with Gasteiger partial charge in [0.1, 0.15) is 5.52 Å². The van der Waals surface area contributed by atoms with E-state index in [1.54, 1.807) is 6.07 Å². The van der Waals surface area contributed by atoms with Gasteiger partial charge in [-0.2, -0.15) is 0 Å². The van der Waals surface area contributed by atoms with E-state index in [1.807, 2.05) is 49.0 Å². The smallest absolute Gasteiger partial charge is 0.408 e. The van der Waals surface area contributed by atoms with Crippen LogP contribution in [0.15, 0.2) is 57.7 Å². The van der Waals surface area contributed by atoms with Gasteiger partial charge in [0.25, 0.3) is 0 Å². The van der Waals surface area contributed by atoms with Gasteiger partial charge in [0, 0.05) is 0 Å². The highest BCUT2D eigenvalue weighted by atomic mass is 16.4. The summed E-state index contributed by atoms with van der Waals surface area (Å²) in [6.45, 7) is 1.88. The molecule has 0 amide bonds. The molecule has 89 valence electrons. The Morgan fingerprint density at radius 3 is 2.72 bits per heavy atom. The van der Waals surface area contributed by atoms with Gasteiger partial charge in [0.15, 0.2) is 5.58 Å². The second-order valence-electron chi connectivity index (χ2n) is 3.89. The fourth-order valence-corrected chi connectivity index (χ4v) is 1.80. The van der Waals surface area contributed by atoms with Crippen molar-refractivity contribution in [1.82, 2.24) is 4.98 Å². The van der Waals surface area contributed by atoms with Crippen LogP contribution in [0, 0.1) is 6.54 Å². The number of benzene rings is 2. The lowest BCUT2D eigenvalue weighted by Crippen LogP contribution is -1.98. The Hall–Kier alpha value is -2.49. The van der Waals surface area contributed by atoms with Crippen molar-refractivity contribution in [3.63, 3.8) is 0 Å². The van der Waals surface area contributed by atoms with E-state index in [9.17, 15) is 4.79 Å². The Morgan fingerprint density at radius 1 is 1.06 bits per heavy atom. The van der Waals surface area contributed by atoms with E-state index < -0.39 is 5.76 Å². The molecule has 0 unspecified atom stereocenters. The molecule has 1 radical (unpaired) electrons. The van der Waals surface area contributed by atoms with Crippen molar-refractivity contribution < 1.29 is 4.42 Å². The number of nitrogens with one attached hydrogen (secondary N) is 2. The van der Waals surface area contributed by atoms with Gasteiger partial charge in [-0.1, -0.05) is 36.4 Å². The lowest BCUT2D eigenvalue weighted by Gasteiger charge is -2.05. The summed E-state index contributed by atoms with van der Waals surface area (Å²) >= 11 is 0. The minimum atomic E-state index is -0.445. The molecule has 3 rings (SSSR count). The standard InChI is InChI=1S/C14H11N2O2/c17-14-16-13-11(7-4-8-12(13)18-14)15-9-10-5-2-1-3-6-10/h1-9,15H,(H,16,17). The first-order valence-electron chi connectivity index (χ1n) is 5.59. The van der Waals surface area contributed by atoms with Crippen LogP contribution >= 0.6 is 0 Å². The van der Waals surface area contributed by atoms with Crippen LogP contribution in [0.4, 0.5) is 5.69 Å². The molecule has 0 aliphatic rings. The number of anilines is 1. The number of H-pyrrole nitrogens is 1. The normalized spacial score (nSPS) is 10.7. The van der Waals surface area contributed by atoms with Gasteiger partial charge in [-0.3, -0.25) is 4.98 Å². The maximum atomic E-state index is 11.2. The Bertz CT molecular complexity index is 713. The lowest BCUT2D eigenvalue weighted by molar-refractivity contribution is 0.555. The van der Waals surface area contributed by atoms with E-state index in [2.05, 4.69) is 10.3 Å². The van der Waals surface area contributed by atoms with E-state index in [0.717, 1.165) is 11.3 Å². The van der Waals surface area contributed by atoms with Crippen molar-refractivity contribution in [2.24, 2.45) is 0 Å². The molecule has 0 bridgehead atoms. The Morgan fingerprint density at radius 2 is 1.89 bits per heavy atom. The van der Waals surface area contributed by atoms with Crippen molar-refractivity contribution in [2.75, 3.05) is 5.32 Å². The number of aromatic amines is 1. The topological polar surface area (TPSA) is 58.0 Å². The molecule has 0 atom stereocenters. The number of oxazole rings is 1. The monoisotopic (exact) mass is 239 g/mol. The number of rotatable bonds is 3. The zero-order valence-corrected chi connectivity index (χ0v) is 9.51. The van der Waals surface area contributed by atoms with E-state index in [0.29, 0.717) is 11.1 Å². The highest BCUT2D eigenvalue weighted by Crippen LogP contribution is 2.21. The molecule has 0 aliphatic carbocycles. The van der Waals surface area contributed by atoms with Gasteiger partial charge >= 0.3 is 5.76 Å². The lowest BCUT2D eigenvalue weighted by atomic mass is 10.2. The van der Waals surface area contributed by atoms with Crippen LogP contribution in [0.3, 0.4) is 0 Å². The summed E-state index contributed by atoms with van der Waals surface area (Å²) in [6.07, 6.45) is 0. The predicted octanol–water partition coefficient (Wildman–Crippen LogP) is 2.74. The summed E-state index contributed by atoms with van der Waals surface area (Å²) in [5, 5.41) is 3.16. The molecule has 4 nitrogen and oxygen atoms in total. The third-order valence-corrected chi connectivity index (χ3v) is 2.65. The summed E-state index contributed by atoms with van der Waals surface area (Å²) < 4.78 is 5.00. The van der Waals surface area contributed by atoms with Crippen molar-refractivity contribution in [2.45, 2.75) is 0 Å². The maximum Gasteiger partial charge on any atom is 0.417 e. The first-order chi connectivity index (χ1) is 8.83. The molecule has 0 fully saturated rings. The summed E-state index contributed by atoms with van der Waals surface area (Å²) in [5.41, 5.74) is 3.09. The molecule has 0 spiro atoms. The van der Waals surface area contributed by atoms with Gasteiger partial charge in [-0.05, 0) is 17.7 Å². The van der Waals surface area contributed by atoms with E-state index in [4.69, 9.17) is 4.42 Å². The van der Waals surface area contributed by atoms with Crippen LogP contribution in [0.5, 0.6) is 0 Å². The number of para-hydroxylation sites is 1. The van der Waals surface area contributed by atoms with Crippen molar-refractivity contribution in [3.8, 4) is 0 Å². The second kappa shape index (κ2) is 4.41. The third-order valence-electron chi connectivity index (χ3n) is 2.65. The number of aromatic nitrogens is 1. The molecule has 1 heterocycles. The van der Waals surface area contributed by atoms with Gasteiger partial charge < -0.3 is 9.73 Å². The van der Waals surface area contributed by atoms with Crippen molar-refractivity contribution >= 4 is 16.8 Å². The fraction of sp³-hybridized carbons (Fsp3) is 0. The molecule has 2 N–H and O–H groups in total. The molecule has 1 aromatic heterocycles. The van der Waals surface area contributed by atoms with Gasteiger partial charge in [-0.15, -0.1) is 0 Å². The molecule has 0 saturated heterocycles. The van der Waals surface area contributed by atoms with Gasteiger partial charge in [-0.25, -0.2) is 4.79 Å². The number of hydrogen-bond acceptors (Lipinski definition) is 3. The van der Waals surface area contributed by atoms with E-state index in [1.165, 1.54) is 0 Å². The minimum Gasteiger partial charge on any atom is -0.408 e. The molecule has 18 heavy (non-hydrogen) atoms. The average molecular weight is 239 g/mol. The van der Waals surface area contributed by atoms with Crippen molar-refractivity contribution in [1.29, 1.82) is 0 Å². The summed E-state index contributed by atoms with van der Waals surface area (Å²) in [6, 6.07) is 15.3. The predicted molar refractivity (Wildman–Crippen MR) is 70.3 cm³/mol. The molecule has 0 aliphatic heterocycles. The van der Waals surface area contributed by atoms with Crippen LogP contribution in [0.25, 0.3) is 11.1 Å². The Balaban J connectivity index is 1.89. The molecule has 0 saturated carbocycles. The summed E-state index contributed by atoms with van der Waals surface area (Å²) in [4.78, 5) is 13.8.